The number of amides is 1. The molecule has 128 valence electrons. The summed E-state index contributed by atoms with van der Waals surface area (Å²) >= 11 is 0. The molecule has 0 saturated carbocycles. The van der Waals surface area contributed by atoms with Crippen molar-refractivity contribution in [3.05, 3.63) is 36.0 Å². The van der Waals surface area contributed by atoms with E-state index in [1.807, 2.05) is 41.9 Å². The van der Waals surface area contributed by atoms with Gasteiger partial charge in [-0.2, -0.15) is 0 Å². The number of hydrogen-bond donors (Lipinski definition) is 1. The van der Waals surface area contributed by atoms with E-state index in [4.69, 9.17) is 9.84 Å². The van der Waals surface area contributed by atoms with E-state index in [9.17, 15) is 9.59 Å². The lowest BCUT2D eigenvalue weighted by Gasteiger charge is -2.25. The number of aromatic nitrogens is 1. The van der Waals surface area contributed by atoms with Crippen LogP contribution in [0.1, 0.15) is 29.8 Å². The number of carboxylic acid groups (broad SMARTS) is 1. The smallest absolute Gasteiger partial charge is 0.305 e. The summed E-state index contributed by atoms with van der Waals surface area (Å²) < 4.78 is 7.48. The first-order valence-electron chi connectivity index (χ1n) is 8.23. The number of carbonyl (C=O) groups excluding carboxylic acids is 1. The zero-order chi connectivity index (χ0) is 17.1. The number of aliphatic carboxylic acids is 1. The highest BCUT2D eigenvalue weighted by Gasteiger charge is 2.25. The van der Waals surface area contributed by atoms with Crippen LogP contribution in [0.25, 0.3) is 10.9 Å². The summed E-state index contributed by atoms with van der Waals surface area (Å²) in [4.78, 5) is 25.5. The SMILES string of the molecule is Cn1c(C(=O)N(CCC(=O)O)CC2CCCO2)cc2ccccc21. The Bertz CT molecular complexity index is 747. The molecular formula is C18H22N2O4. The summed E-state index contributed by atoms with van der Waals surface area (Å²) in [6.45, 7) is 1.34. The molecule has 1 saturated heterocycles. The molecule has 1 amide bonds. The number of hydrogen-bond acceptors (Lipinski definition) is 3. The van der Waals surface area contributed by atoms with Gasteiger partial charge in [0.2, 0.25) is 0 Å². The van der Waals surface area contributed by atoms with Crippen molar-refractivity contribution in [3.63, 3.8) is 0 Å². The van der Waals surface area contributed by atoms with Gasteiger partial charge >= 0.3 is 5.97 Å². The highest BCUT2D eigenvalue weighted by atomic mass is 16.5. The lowest BCUT2D eigenvalue weighted by atomic mass is 10.2. The van der Waals surface area contributed by atoms with Gasteiger partial charge in [0, 0.05) is 37.6 Å². The number of carboxylic acids is 1. The van der Waals surface area contributed by atoms with Crippen molar-refractivity contribution < 1.29 is 19.4 Å². The van der Waals surface area contributed by atoms with Gasteiger partial charge in [0.05, 0.1) is 12.5 Å². The maximum atomic E-state index is 13.0. The van der Waals surface area contributed by atoms with Gasteiger partial charge in [-0.3, -0.25) is 9.59 Å². The Hall–Kier alpha value is -2.34. The van der Waals surface area contributed by atoms with Crippen LogP contribution in [-0.2, 0) is 16.6 Å². The fraction of sp³-hybridized carbons (Fsp3) is 0.444. The van der Waals surface area contributed by atoms with Gasteiger partial charge in [-0.1, -0.05) is 18.2 Å². The molecular weight excluding hydrogens is 308 g/mol. The van der Waals surface area contributed by atoms with Gasteiger partial charge in [0.25, 0.3) is 5.91 Å². The third-order valence-corrected chi connectivity index (χ3v) is 4.50. The molecule has 2 aromatic rings. The van der Waals surface area contributed by atoms with E-state index in [-0.39, 0.29) is 25.0 Å². The third-order valence-electron chi connectivity index (χ3n) is 4.50. The minimum Gasteiger partial charge on any atom is -0.481 e. The summed E-state index contributed by atoms with van der Waals surface area (Å²) in [5, 5.41) is 9.97. The molecule has 1 aromatic heterocycles. The molecule has 6 heteroatoms. The monoisotopic (exact) mass is 330 g/mol. The fourth-order valence-corrected chi connectivity index (χ4v) is 3.20. The van der Waals surface area contributed by atoms with Crippen LogP contribution in [0, 0.1) is 0 Å². The second-order valence-corrected chi connectivity index (χ2v) is 6.18. The lowest BCUT2D eigenvalue weighted by molar-refractivity contribution is -0.137. The number of benzene rings is 1. The van der Waals surface area contributed by atoms with Gasteiger partial charge < -0.3 is 19.3 Å². The number of aryl methyl sites for hydroxylation is 1. The molecule has 0 bridgehead atoms. The van der Waals surface area contributed by atoms with E-state index in [1.54, 1.807) is 4.90 Å². The molecule has 6 nitrogen and oxygen atoms in total. The number of carbonyl (C=O) groups is 2. The van der Waals surface area contributed by atoms with Crippen LogP contribution in [0.4, 0.5) is 0 Å². The Morgan fingerprint density at radius 2 is 2.17 bits per heavy atom. The Labute approximate surface area is 140 Å². The van der Waals surface area contributed by atoms with E-state index in [0.717, 1.165) is 23.7 Å². The van der Waals surface area contributed by atoms with Gasteiger partial charge in [-0.25, -0.2) is 0 Å². The van der Waals surface area contributed by atoms with Gasteiger partial charge in [0.15, 0.2) is 0 Å². The average molecular weight is 330 g/mol. The number of para-hydroxylation sites is 1. The molecule has 0 radical (unpaired) electrons. The second-order valence-electron chi connectivity index (χ2n) is 6.18. The second kappa shape index (κ2) is 7.05. The fourth-order valence-electron chi connectivity index (χ4n) is 3.20. The van der Waals surface area contributed by atoms with Crippen molar-refractivity contribution in [2.45, 2.75) is 25.4 Å². The van der Waals surface area contributed by atoms with Crippen LogP contribution in [-0.4, -0.2) is 52.3 Å². The molecule has 1 aromatic carbocycles. The zero-order valence-electron chi connectivity index (χ0n) is 13.8. The molecule has 0 spiro atoms. The Morgan fingerprint density at radius 1 is 1.38 bits per heavy atom. The standard InChI is InChI=1S/C18H22N2O4/c1-19-15-7-3-2-5-13(15)11-16(19)18(23)20(9-8-17(21)22)12-14-6-4-10-24-14/h2-3,5,7,11,14H,4,6,8-10,12H2,1H3,(H,21,22). The predicted molar refractivity (Wildman–Crippen MR) is 90.0 cm³/mol. The van der Waals surface area contributed by atoms with Crippen molar-refractivity contribution in [3.8, 4) is 0 Å². The van der Waals surface area contributed by atoms with Crippen LogP contribution in [0.5, 0.6) is 0 Å². The van der Waals surface area contributed by atoms with Crippen molar-refractivity contribution in [1.29, 1.82) is 0 Å². The van der Waals surface area contributed by atoms with Crippen LogP contribution in [0.15, 0.2) is 30.3 Å². The van der Waals surface area contributed by atoms with E-state index < -0.39 is 5.97 Å². The summed E-state index contributed by atoms with van der Waals surface area (Å²) in [5.41, 5.74) is 1.55. The number of rotatable bonds is 6. The summed E-state index contributed by atoms with van der Waals surface area (Å²) in [5.74, 6) is -1.05. The molecule has 1 N–H and O–H groups in total. The molecule has 3 rings (SSSR count). The third kappa shape index (κ3) is 3.43. The van der Waals surface area contributed by atoms with Gasteiger partial charge in [-0.15, -0.1) is 0 Å². The van der Waals surface area contributed by atoms with E-state index in [0.29, 0.717) is 18.8 Å². The predicted octanol–water partition coefficient (Wildman–Crippen LogP) is 2.27. The summed E-state index contributed by atoms with van der Waals surface area (Å²) in [6.07, 6.45) is 1.83. The Morgan fingerprint density at radius 3 is 2.83 bits per heavy atom. The van der Waals surface area contributed by atoms with E-state index >= 15 is 0 Å². The quantitative estimate of drug-likeness (QED) is 0.882. The molecule has 24 heavy (non-hydrogen) atoms. The number of nitrogens with zero attached hydrogens (tertiary/aromatic N) is 2. The number of ether oxygens (including phenoxy) is 1. The first kappa shape index (κ1) is 16.5. The van der Waals surface area contributed by atoms with Crippen LogP contribution in [0.3, 0.4) is 0 Å². The van der Waals surface area contributed by atoms with E-state index in [1.165, 1.54) is 0 Å². The minimum atomic E-state index is -0.905. The van der Waals surface area contributed by atoms with Crippen molar-refractivity contribution in [2.24, 2.45) is 7.05 Å². The summed E-state index contributed by atoms with van der Waals surface area (Å²) in [6, 6.07) is 9.67. The molecule has 1 aliphatic heterocycles. The van der Waals surface area contributed by atoms with Crippen molar-refractivity contribution in [1.82, 2.24) is 9.47 Å². The molecule has 1 aliphatic rings. The first-order chi connectivity index (χ1) is 11.6. The van der Waals surface area contributed by atoms with Gasteiger partial charge in [0.1, 0.15) is 5.69 Å². The Kier molecular flexibility index (Phi) is 4.85. The van der Waals surface area contributed by atoms with Crippen molar-refractivity contribution in [2.75, 3.05) is 19.7 Å². The van der Waals surface area contributed by atoms with Crippen LogP contribution < -0.4 is 0 Å². The zero-order valence-corrected chi connectivity index (χ0v) is 13.8. The largest absolute Gasteiger partial charge is 0.481 e. The molecule has 0 aliphatic carbocycles. The minimum absolute atomic E-state index is 0.00238. The maximum Gasteiger partial charge on any atom is 0.305 e. The highest BCUT2D eigenvalue weighted by Crippen LogP contribution is 2.21. The molecule has 1 unspecified atom stereocenters. The Balaban J connectivity index is 1.84. The topological polar surface area (TPSA) is 71.8 Å². The molecule has 1 fully saturated rings. The average Bonchev–Trinajstić information content (AvgIpc) is 3.19. The van der Waals surface area contributed by atoms with Crippen LogP contribution in [0.2, 0.25) is 0 Å². The molecule has 2 heterocycles. The normalized spacial score (nSPS) is 17.3. The first-order valence-corrected chi connectivity index (χ1v) is 8.23. The number of fused-ring (bicyclic) bond motifs is 1. The maximum absolute atomic E-state index is 13.0. The van der Waals surface area contributed by atoms with Crippen molar-refractivity contribution >= 4 is 22.8 Å². The van der Waals surface area contributed by atoms with E-state index in [2.05, 4.69) is 0 Å². The van der Waals surface area contributed by atoms with Gasteiger partial charge in [-0.05, 0) is 25.0 Å². The lowest BCUT2D eigenvalue weighted by Crippen LogP contribution is -2.39. The highest BCUT2D eigenvalue weighted by molar-refractivity contribution is 5.98. The van der Waals surface area contributed by atoms with Crippen LogP contribution >= 0.6 is 0 Å². The summed E-state index contributed by atoms with van der Waals surface area (Å²) in [7, 11) is 1.86. The molecule has 1 atom stereocenters.